The third-order valence-corrected chi connectivity index (χ3v) is 7.62. The van der Waals surface area contributed by atoms with E-state index in [4.69, 9.17) is 16.3 Å². The van der Waals surface area contributed by atoms with Gasteiger partial charge < -0.3 is 9.64 Å². The van der Waals surface area contributed by atoms with Crippen molar-refractivity contribution in [1.82, 2.24) is 14.8 Å². The average Bonchev–Trinajstić information content (AvgIpc) is 2.88. The van der Waals surface area contributed by atoms with Crippen LogP contribution in [0.5, 0.6) is 0 Å². The van der Waals surface area contributed by atoms with Crippen molar-refractivity contribution in [2.45, 2.75) is 51.0 Å². The molecule has 202 valence electrons. The SMILES string of the molecule is CC[C@H]1CN(c2ncc(C(=O)OC)cc2Cl)CCN1C1CCN(Cc2ccc(F)cc2C(F)(F)F)CC1. The number of aromatic nitrogens is 1. The van der Waals surface area contributed by atoms with Gasteiger partial charge >= 0.3 is 12.1 Å². The molecule has 0 saturated carbocycles. The van der Waals surface area contributed by atoms with Crippen molar-refractivity contribution in [3.05, 3.63) is 58.0 Å². The lowest BCUT2D eigenvalue weighted by molar-refractivity contribution is -0.138. The molecule has 0 bridgehead atoms. The Morgan fingerprint density at radius 3 is 2.51 bits per heavy atom. The van der Waals surface area contributed by atoms with Gasteiger partial charge in [0.15, 0.2) is 0 Å². The number of hydrogen-bond donors (Lipinski definition) is 0. The van der Waals surface area contributed by atoms with E-state index in [1.54, 1.807) is 6.07 Å². The Hall–Kier alpha value is -2.43. The summed E-state index contributed by atoms with van der Waals surface area (Å²) in [6, 6.07) is 5.10. The molecule has 2 fully saturated rings. The van der Waals surface area contributed by atoms with Crippen LogP contribution in [-0.2, 0) is 17.5 Å². The van der Waals surface area contributed by atoms with E-state index in [1.807, 2.05) is 4.90 Å². The van der Waals surface area contributed by atoms with Crippen LogP contribution in [0.25, 0.3) is 0 Å². The molecule has 6 nitrogen and oxygen atoms in total. The summed E-state index contributed by atoms with van der Waals surface area (Å²) < 4.78 is 58.4. The molecular weight excluding hydrogens is 512 g/mol. The maximum atomic E-state index is 13.5. The number of carbonyl (C=O) groups is 1. The Kier molecular flexibility index (Phi) is 8.60. The van der Waals surface area contributed by atoms with Gasteiger partial charge in [-0.05, 0) is 56.1 Å². The second-order valence-corrected chi connectivity index (χ2v) is 9.98. The first-order chi connectivity index (χ1) is 17.6. The summed E-state index contributed by atoms with van der Waals surface area (Å²) in [6.07, 6.45) is -0.473. The van der Waals surface area contributed by atoms with Crippen LogP contribution in [-0.4, -0.2) is 72.7 Å². The van der Waals surface area contributed by atoms with Crippen LogP contribution in [0.1, 0.15) is 47.7 Å². The number of piperazine rings is 1. The third kappa shape index (κ3) is 6.35. The van der Waals surface area contributed by atoms with Gasteiger partial charge in [-0.1, -0.05) is 24.6 Å². The summed E-state index contributed by atoms with van der Waals surface area (Å²) >= 11 is 6.45. The molecule has 37 heavy (non-hydrogen) atoms. The largest absolute Gasteiger partial charge is 0.465 e. The van der Waals surface area contributed by atoms with Crippen LogP contribution in [0.15, 0.2) is 30.5 Å². The van der Waals surface area contributed by atoms with Gasteiger partial charge in [0, 0.05) is 44.5 Å². The van der Waals surface area contributed by atoms with Crippen molar-refractivity contribution in [1.29, 1.82) is 0 Å². The van der Waals surface area contributed by atoms with Crippen molar-refractivity contribution in [2.75, 3.05) is 44.7 Å². The van der Waals surface area contributed by atoms with E-state index in [-0.39, 0.29) is 18.2 Å². The fraction of sp³-hybridized carbons (Fsp3) is 0.538. The molecule has 1 atom stereocenters. The van der Waals surface area contributed by atoms with Crippen LogP contribution in [0.2, 0.25) is 5.02 Å². The second kappa shape index (κ2) is 11.5. The summed E-state index contributed by atoms with van der Waals surface area (Å²) in [5.41, 5.74) is -0.490. The number of benzene rings is 1. The molecule has 2 aliphatic rings. The number of rotatable bonds is 6. The first kappa shape index (κ1) is 27.6. The summed E-state index contributed by atoms with van der Waals surface area (Å²) in [4.78, 5) is 22.8. The lowest BCUT2D eigenvalue weighted by Gasteiger charge is -2.47. The molecule has 2 saturated heterocycles. The van der Waals surface area contributed by atoms with E-state index < -0.39 is 23.5 Å². The Labute approximate surface area is 219 Å². The van der Waals surface area contributed by atoms with E-state index >= 15 is 0 Å². The number of nitrogens with zero attached hydrogens (tertiary/aromatic N) is 4. The first-order valence-corrected chi connectivity index (χ1v) is 12.8. The predicted molar refractivity (Wildman–Crippen MR) is 133 cm³/mol. The van der Waals surface area contributed by atoms with Crippen molar-refractivity contribution in [3.8, 4) is 0 Å². The maximum Gasteiger partial charge on any atom is 0.416 e. The number of esters is 1. The summed E-state index contributed by atoms with van der Waals surface area (Å²) in [5, 5.41) is 0.401. The highest BCUT2D eigenvalue weighted by Crippen LogP contribution is 2.34. The number of piperidine rings is 1. The molecule has 0 amide bonds. The van der Waals surface area contributed by atoms with Gasteiger partial charge in [0.25, 0.3) is 0 Å². The van der Waals surface area contributed by atoms with E-state index in [1.165, 1.54) is 19.4 Å². The van der Waals surface area contributed by atoms with Crippen molar-refractivity contribution >= 4 is 23.4 Å². The molecule has 1 aromatic heterocycles. The summed E-state index contributed by atoms with van der Waals surface area (Å²) in [5.74, 6) is -0.727. The highest BCUT2D eigenvalue weighted by Gasteiger charge is 2.36. The number of anilines is 1. The van der Waals surface area contributed by atoms with E-state index in [0.717, 1.165) is 45.0 Å². The highest BCUT2D eigenvalue weighted by atomic mass is 35.5. The van der Waals surface area contributed by atoms with E-state index in [9.17, 15) is 22.4 Å². The lowest BCUT2D eigenvalue weighted by atomic mass is 9.97. The zero-order valence-electron chi connectivity index (χ0n) is 20.9. The Morgan fingerprint density at radius 2 is 1.89 bits per heavy atom. The molecule has 1 aromatic carbocycles. The van der Waals surface area contributed by atoms with Gasteiger partial charge in [-0.15, -0.1) is 0 Å². The lowest BCUT2D eigenvalue weighted by Crippen LogP contribution is -2.58. The fourth-order valence-corrected chi connectivity index (χ4v) is 5.69. The minimum atomic E-state index is -4.58. The number of carbonyl (C=O) groups excluding carboxylic acids is 1. The van der Waals surface area contributed by atoms with Crippen LogP contribution in [0, 0.1) is 5.82 Å². The van der Waals surface area contributed by atoms with Gasteiger partial charge in [-0.2, -0.15) is 13.2 Å². The van der Waals surface area contributed by atoms with Crippen LogP contribution < -0.4 is 4.90 Å². The second-order valence-electron chi connectivity index (χ2n) is 9.57. The Morgan fingerprint density at radius 1 is 1.16 bits per heavy atom. The average molecular weight is 543 g/mol. The molecule has 0 spiro atoms. The number of pyridine rings is 1. The fourth-order valence-electron chi connectivity index (χ4n) is 5.40. The van der Waals surface area contributed by atoms with Crippen LogP contribution >= 0.6 is 11.6 Å². The molecule has 2 aliphatic heterocycles. The quantitative estimate of drug-likeness (QED) is 0.367. The molecule has 0 radical (unpaired) electrons. The first-order valence-electron chi connectivity index (χ1n) is 12.4. The number of hydrogen-bond acceptors (Lipinski definition) is 6. The predicted octanol–water partition coefficient (Wildman–Crippen LogP) is 5.24. The van der Waals surface area contributed by atoms with Crippen molar-refractivity contribution in [2.24, 2.45) is 0 Å². The van der Waals surface area contributed by atoms with Gasteiger partial charge in [0.2, 0.25) is 0 Å². The van der Waals surface area contributed by atoms with Crippen LogP contribution in [0.4, 0.5) is 23.4 Å². The van der Waals surface area contributed by atoms with E-state index in [0.29, 0.717) is 41.6 Å². The van der Waals surface area contributed by atoms with E-state index in [2.05, 4.69) is 21.7 Å². The van der Waals surface area contributed by atoms with Crippen LogP contribution in [0.3, 0.4) is 0 Å². The normalized spacial score (nSPS) is 20.3. The summed E-state index contributed by atoms with van der Waals surface area (Å²) in [6.45, 7) is 5.93. The number of methoxy groups -OCH3 is 1. The highest BCUT2D eigenvalue weighted by molar-refractivity contribution is 6.33. The molecule has 0 aliphatic carbocycles. The standard InChI is InChI=1S/C26H31ClF4N4O2/c1-3-20-16-34(24-23(27)12-18(14-32-24)25(36)37-2)10-11-35(20)21-6-8-33(9-7-21)15-17-4-5-19(28)13-22(17)26(29,30)31/h4-5,12-14,20-21H,3,6-11,15-16H2,1-2H3/t20-/m0/s1. The number of ether oxygens (including phenoxy) is 1. The molecule has 0 unspecified atom stereocenters. The van der Waals surface area contributed by atoms with Gasteiger partial charge in [-0.3, -0.25) is 9.80 Å². The molecular formula is C26H31ClF4N4O2. The minimum absolute atomic E-state index is 0.106. The third-order valence-electron chi connectivity index (χ3n) is 7.34. The maximum absolute atomic E-state index is 13.5. The minimum Gasteiger partial charge on any atom is -0.465 e. The molecule has 3 heterocycles. The number of likely N-dealkylation sites (tertiary alicyclic amines) is 1. The molecule has 11 heteroatoms. The topological polar surface area (TPSA) is 48.9 Å². The van der Waals surface area contributed by atoms with Gasteiger partial charge in [0.1, 0.15) is 11.6 Å². The van der Waals surface area contributed by atoms with Gasteiger partial charge in [-0.25, -0.2) is 14.2 Å². The Balaban J connectivity index is 1.36. The molecule has 4 rings (SSSR count). The molecule has 0 N–H and O–H groups in total. The van der Waals surface area contributed by atoms with Crippen molar-refractivity contribution in [3.63, 3.8) is 0 Å². The van der Waals surface area contributed by atoms with Crippen molar-refractivity contribution < 1.29 is 27.1 Å². The van der Waals surface area contributed by atoms with Gasteiger partial charge in [0.05, 0.1) is 23.3 Å². The Bertz CT molecular complexity index is 1110. The zero-order valence-corrected chi connectivity index (χ0v) is 21.7. The number of halogens is 5. The number of alkyl halides is 3. The monoisotopic (exact) mass is 542 g/mol. The smallest absolute Gasteiger partial charge is 0.416 e. The zero-order chi connectivity index (χ0) is 26.7. The summed E-state index contributed by atoms with van der Waals surface area (Å²) in [7, 11) is 1.31. The molecule has 2 aromatic rings.